The van der Waals surface area contributed by atoms with Crippen molar-refractivity contribution in [3.63, 3.8) is 0 Å². The molecule has 0 saturated heterocycles. The lowest BCUT2D eigenvalue weighted by molar-refractivity contribution is -0.135. The van der Waals surface area contributed by atoms with Crippen LogP contribution in [0.3, 0.4) is 0 Å². The van der Waals surface area contributed by atoms with Crippen molar-refractivity contribution in [1.82, 2.24) is 0 Å². The first-order valence-corrected chi connectivity index (χ1v) is 16.3. The largest absolute Gasteiger partial charge is 1.00 e. The van der Waals surface area contributed by atoms with Crippen molar-refractivity contribution in [1.29, 1.82) is 0 Å². The van der Waals surface area contributed by atoms with Crippen LogP contribution in [0.25, 0.3) is 0 Å². The molecule has 0 N–H and O–H groups in total. The molecule has 32 heavy (non-hydrogen) atoms. The molecule has 192 valence electrons. The Morgan fingerprint density at radius 3 is 1.25 bits per heavy atom. The van der Waals surface area contributed by atoms with E-state index in [1.165, 1.54) is 140 Å². The standard InChI is InChI=1S/C28H56O2P.ClH/c1-5-9-12-15-18-21-24-31(27-30-28(29)8-4,25-22-19-16-13-10-6-2)26-23-20-17-14-11-7-3;/h8H,4-7,9-27H2,1-3H3;1H/q+1;/p-1. The molecule has 0 aromatic carbocycles. The van der Waals surface area contributed by atoms with Crippen molar-refractivity contribution in [2.24, 2.45) is 0 Å². The van der Waals surface area contributed by atoms with Crippen LogP contribution in [0.15, 0.2) is 12.7 Å². The van der Waals surface area contributed by atoms with Crippen LogP contribution in [-0.4, -0.2) is 30.8 Å². The number of hydrogen-bond acceptors (Lipinski definition) is 2. The minimum absolute atomic E-state index is 0. The van der Waals surface area contributed by atoms with E-state index in [4.69, 9.17) is 4.74 Å². The van der Waals surface area contributed by atoms with Crippen molar-refractivity contribution in [2.75, 3.05) is 24.8 Å². The van der Waals surface area contributed by atoms with E-state index >= 15 is 0 Å². The normalized spacial score (nSPS) is 11.2. The summed E-state index contributed by atoms with van der Waals surface area (Å²) in [5.41, 5.74) is 0. The minimum atomic E-state index is -1.22. The fraction of sp³-hybridized carbons (Fsp3) is 0.893. The Hall–Kier alpha value is -0.0700. The highest BCUT2D eigenvalue weighted by Gasteiger charge is 2.37. The summed E-state index contributed by atoms with van der Waals surface area (Å²) in [6.45, 7) is 10.5. The van der Waals surface area contributed by atoms with Crippen LogP contribution in [0.2, 0.25) is 0 Å². The van der Waals surface area contributed by atoms with Crippen molar-refractivity contribution in [2.45, 2.75) is 136 Å². The first kappa shape index (κ1) is 34.1. The van der Waals surface area contributed by atoms with Crippen LogP contribution in [-0.2, 0) is 9.53 Å². The molecule has 0 radical (unpaired) electrons. The molecule has 4 heteroatoms. The highest BCUT2D eigenvalue weighted by Crippen LogP contribution is 2.61. The van der Waals surface area contributed by atoms with Crippen LogP contribution >= 0.6 is 7.26 Å². The van der Waals surface area contributed by atoms with Crippen molar-refractivity contribution in [3.05, 3.63) is 12.7 Å². The van der Waals surface area contributed by atoms with E-state index in [0.717, 1.165) is 0 Å². The third kappa shape index (κ3) is 20.5. The molecule has 0 aliphatic rings. The summed E-state index contributed by atoms with van der Waals surface area (Å²) >= 11 is 0. The first-order chi connectivity index (χ1) is 15.1. The van der Waals surface area contributed by atoms with Gasteiger partial charge in [0, 0.05) is 6.08 Å². The molecule has 0 spiro atoms. The van der Waals surface area contributed by atoms with E-state index < -0.39 is 7.26 Å². The fourth-order valence-corrected chi connectivity index (χ4v) is 8.61. The molecule has 0 bridgehead atoms. The number of unbranched alkanes of at least 4 members (excludes halogenated alkanes) is 15. The summed E-state index contributed by atoms with van der Waals surface area (Å²) in [7, 11) is -1.22. The second-order valence-electron chi connectivity index (χ2n) is 9.61. The Kier molecular flexibility index (Phi) is 27.2. The fourth-order valence-electron chi connectivity index (χ4n) is 4.47. The van der Waals surface area contributed by atoms with Crippen LogP contribution in [0, 0.1) is 0 Å². The van der Waals surface area contributed by atoms with Gasteiger partial charge in [0.05, 0.1) is 25.7 Å². The minimum Gasteiger partial charge on any atom is -1.00 e. The van der Waals surface area contributed by atoms with Crippen molar-refractivity contribution in [3.8, 4) is 0 Å². The molecular weight excluding hydrogens is 435 g/mol. The maximum absolute atomic E-state index is 11.9. The van der Waals surface area contributed by atoms with Crippen LogP contribution < -0.4 is 12.4 Å². The van der Waals surface area contributed by atoms with Gasteiger partial charge < -0.3 is 17.1 Å². The number of rotatable bonds is 24. The van der Waals surface area contributed by atoms with Gasteiger partial charge >= 0.3 is 5.97 Å². The number of hydrogen-bond donors (Lipinski definition) is 0. The molecule has 0 aliphatic carbocycles. The van der Waals surface area contributed by atoms with Gasteiger partial charge in [-0.05, 0) is 38.5 Å². The highest BCUT2D eigenvalue weighted by molar-refractivity contribution is 7.75. The number of carbonyl (C=O) groups is 1. The van der Waals surface area contributed by atoms with E-state index in [1.807, 2.05) is 0 Å². The molecule has 0 aromatic rings. The number of carbonyl (C=O) groups excluding carboxylic acids is 1. The molecule has 0 amide bonds. The zero-order valence-corrected chi connectivity index (χ0v) is 23.6. The molecule has 0 atom stereocenters. The Labute approximate surface area is 208 Å². The average molecular weight is 491 g/mol. The van der Waals surface area contributed by atoms with Gasteiger partial charge in [0.1, 0.15) is 0 Å². The Balaban J connectivity index is 0. The number of halogens is 1. The lowest BCUT2D eigenvalue weighted by Gasteiger charge is -2.27. The zero-order chi connectivity index (χ0) is 23.0. The first-order valence-electron chi connectivity index (χ1n) is 13.8. The maximum Gasteiger partial charge on any atom is 0.333 e. The van der Waals surface area contributed by atoms with E-state index in [9.17, 15) is 4.79 Å². The predicted molar refractivity (Wildman–Crippen MR) is 143 cm³/mol. The van der Waals surface area contributed by atoms with E-state index in [-0.39, 0.29) is 18.4 Å². The third-order valence-corrected chi connectivity index (χ3v) is 11.1. The molecule has 0 heterocycles. The van der Waals surface area contributed by atoms with Gasteiger partial charge in [0.2, 0.25) is 0 Å². The van der Waals surface area contributed by atoms with Crippen LogP contribution in [0.4, 0.5) is 0 Å². The van der Waals surface area contributed by atoms with Gasteiger partial charge in [-0.3, -0.25) is 0 Å². The van der Waals surface area contributed by atoms with Crippen molar-refractivity contribution >= 4 is 13.2 Å². The predicted octanol–water partition coefficient (Wildman–Crippen LogP) is 6.78. The molecule has 0 aliphatic heterocycles. The smallest absolute Gasteiger partial charge is 0.333 e. The highest BCUT2D eigenvalue weighted by atomic mass is 35.5. The quantitative estimate of drug-likeness (QED) is 0.0645. The molecule has 2 nitrogen and oxygen atoms in total. The van der Waals surface area contributed by atoms with E-state index in [1.54, 1.807) is 0 Å². The zero-order valence-electron chi connectivity index (χ0n) is 22.0. The average Bonchev–Trinajstić information content (AvgIpc) is 2.79. The SMILES string of the molecule is C=CC(=O)OC[P+](CCCCCCCC)(CCCCCCCC)CCCCCCCC.[Cl-]. The molecule has 0 unspecified atom stereocenters. The summed E-state index contributed by atoms with van der Waals surface area (Å²) in [5, 5.41) is 0. The summed E-state index contributed by atoms with van der Waals surface area (Å²) in [6.07, 6.45) is 30.3. The van der Waals surface area contributed by atoms with Gasteiger partial charge in [-0.25, -0.2) is 4.79 Å². The number of ether oxygens (including phenoxy) is 1. The van der Waals surface area contributed by atoms with Gasteiger partial charge in [0.15, 0.2) is 6.35 Å². The van der Waals surface area contributed by atoms with Gasteiger partial charge in [0.25, 0.3) is 0 Å². The van der Waals surface area contributed by atoms with Crippen LogP contribution in [0.1, 0.15) is 136 Å². The Bertz CT molecular complexity index is 373. The molecule has 0 aromatic heterocycles. The molecule has 0 saturated carbocycles. The topological polar surface area (TPSA) is 26.3 Å². The monoisotopic (exact) mass is 490 g/mol. The Morgan fingerprint density at radius 2 is 0.938 bits per heavy atom. The van der Waals surface area contributed by atoms with Gasteiger partial charge in [-0.15, -0.1) is 0 Å². The number of esters is 1. The van der Waals surface area contributed by atoms with Crippen LogP contribution in [0.5, 0.6) is 0 Å². The lowest BCUT2D eigenvalue weighted by Crippen LogP contribution is -3.00. The molecule has 0 rings (SSSR count). The van der Waals surface area contributed by atoms with Crippen molar-refractivity contribution < 1.29 is 21.9 Å². The Morgan fingerprint density at radius 1 is 0.625 bits per heavy atom. The lowest BCUT2D eigenvalue weighted by atomic mass is 10.1. The molecule has 0 fully saturated rings. The second kappa shape index (κ2) is 25.6. The summed E-state index contributed by atoms with van der Waals surface area (Å²) < 4.78 is 5.74. The van der Waals surface area contributed by atoms with E-state index in [2.05, 4.69) is 27.4 Å². The summed E-state index contributed by atoms with van der Waals surface area (Å²) in [6, 6.07) is 0. The maximum atomic E-state index is 11.9. The molecular formula is C28H56ClO2P. The second-order valence-corrected chi connectivity index (χ2v) is 13.9. The third-order valence-electron chi connectivity index (χ3n) is 6.61. The summed E-state index contributed by atoms with van der Waals surface area (Å²) in [5.74, 6) is -0.224. The van der Waals surface area contributed by atoms with Gasteiger partial charge in [-0.1, -0.05) is 104 Å². The summed E-state index contributed by atoms with van der Waals surface area (Å²) in [4.78, 5) is 11.9. The van der Waals surface area contributed by atoms with Gasteiger partial charge in [-0.2, -0.15) is 0 Å². The van der Waals surface area contributed by atoms with E-state index in [0.29, 0.717) is 6.35 Å².